The molecule has 18 heavy (non-hydrogen) atoms. The fourth-order valence-corrected chi connectivity index (χ4v) is 2.74. The van der Waals surface area contributed by atoms with Crippen molar-refractivity contribution in [2.24, 2.45) is 0 Å². The van der Waals surface area contributed by atoms with Crippen LogP contribution in [0.5, 0.6) is 0 Å². The van der Waals surface area contributed by atoms with Crippen LogP contribution in [-0.4, -0.2) is 85.6 Å². The lowest BCUT2D eigenvalue weighted by Gasteiger charge is -2.41. The SMILES string of the molecule is CC1CN(C(=O)C(C)N2CCNCC2)CCN1C. The lowest BCUT2D eigenvalue weighted by Crippen LogP contribution is -2.58. The largest absolute Gasteiger partial charge is 0.339 e. The quantitative estimate of drug-likeness (QED) is 0.717. The monoisotopic (exact) mass is 254 g/mol. The molecule has 0 radical (unpaired) electrons. The molecule has 104 valence electrons. The third-order valence-electron chi connectivity index (χ3n) is 4.33. The van der Waals surface area contributed by atoms with E-state index in [1.165, 1.54) is 0 Å². The fraction of sp³-hybridized carbons (Fsp3) is 0.923. The lowest BCUT2D eigenvalue weighted by atomic mass is 10.1. The maximum absolute atomic E-state index is 12.5. The van der Waals surface area contributed by atoms with Crippen molar-refractivity contribution in [2.75, 3.05) is 52.9 Å². The molecule has 2 heterocycles. The van der Waals surface area contributed by atoms with E-state index in [9.17, 15) is 4.79 Å². The molecule has 1 amide bonds. The Morgan fingerprint density at radius 2 is 1.89 bits per heavy atom. The molecule has 2 atom stereocenters. The average molecular weight is 254 g/mol. The third-order valence-corrected chi connectivity index (χ3v) is 4.33. The standard InChI is InChI=1S/C13H26N4O/c1-11-10-17(9-8-15(11)3)13(18)12(2)16-6-4-14-5-7-16/h11-12,14H,4-10H2,1-3H3. The Balaban J connectivity index is 1.89. The van der Waals surface area contributed by atoms with Crippen LogP contribution in [0.3, 0.4) is 0 Å². The van der Waals surface area contributed by atoms with E-state index in [1.807, 2.05) is 4.90 Å². The van der Waals surface area contributed by atoms with Gasteiger partial charge in [-0.15, -0.1) is 0 Å². The predicted molar refractivity (Wildman–Crippen MR) is 72.6 cm³/mol. The Hall–Kier alpha value is -0.650. The molecule has 2 aliphatic heterocycles. The second kappa shape index (κ2) is 5.99. The van der Waals surface area contributed by atoms with Gasteiger partial charge in [0.05, 0.1) is 6.04 Å². The van der Waals surface area contributed by atoms with E-state index in [-0.39, 0.29) is 6.04 Å². The van der Waals surface area contributed by atoms with Crippen LogP contribution in [0.25, 0.3) is 0 Å². The van der Waals surface area contributed by atoms with E-state index in [0.717, 1.165) is 45.8 Å². The third kappa shape index (κ3) is 3.02. The second-order valence-corrected chi connectivity index (χ2v) is 5.58. The predicted octanol–water partition coefficient (Wildman–Crippen LogP) is -0.557. The van der Waals surface area contributed by atoms with Gasteiger partial charge in [0.2, 0.25) is 5.91 Å². The maximum atomic E-state index is 12.5. The van der Waals surface area contributed by atoms with Crippen LogP contribution in [0.1, 0.15) is 13.8 Å². The summed E-state index contributed by atoms with van der Waals surface area (Å²) < 4.78 is 0. The molecule has 0 aromatic carbocycles. The number of likely N-dealkylation sites (N-methyl/N-ethyl adjacent to an activating group) is 1. The second-order valence-electron chi connectivity index (χ2n) is 5.58. The summed E-state index contributed by atoms with van der Waals surface area (Å²) in [5.41, 5.74) is 0. The van der Waals surface area contributed by atoms with Crippen molar-refractivity contribution in [1.82, 2.24) is 20.0 Å². The first-order valence-corrected chi connectivity index (χ1v) is 7.03. The summed E-state index contributed by atoms with van der Waals surface area (Å²) in [6.45, 7) is 10.9. The number of nitrogens with zero attached hydrogens (tertiary/aromatic N) is 3. The van der Waals surface area contributed by atoms with E-state index in [0.29, 0.717) is 11.9 Å². The van der Waals surface area contributed by atoms with Gasteiger partial charge in [-0.1, -0.05) is 0 Å². The molecule has 5 heteroatoms. The molecule has 0 aromatic heterocycles. The van der Waals surface area contributed by atoms with E-state index in [4.69, 9.17) is 0 Å². The summed E-state index contributed by atoms with van der Waals surface area (Å²) in [6, 6.07) is 0.501. The zero-order valence-corrected chi connectivity index (χ0v) is 11.9. The molecule has 0 bridgehead atoms. The van der Waals surface area contributed by atoms with Gasteiger partial charge in [-0.3, -0.25) is 9.69 Å². The number of piperazine rings is 2. The average Bonchev–Trinajstić information content (AvgIpc) is 2.41. The van der Waals surface area contributed by atoms with Crippen molar-refractivity contribution in [3.8, 4) is 0 Å². The minimum absolute atomic E-state index is 0.0303. The van der Waals surface area contributed by atoms with Gasteiger partial charge in [-0.2, -0.15) is 0 Å². The van der Waals surface area contributed by atoms with Crippen molar-refractivity contribution in [1.29, 1.82) is 0 Å². The van der Waals surface area contributed by atoms with Crippen molar-refractivity contribution in [3.63, 3.8) is 0 Å². The summed E-state index contributed by atoms with van der Waals surface area (Å²) in [6.07, 6.45) is 0. The van der Waals surface area contributed by atoms with Crippen LogP contribution in [0, 0.1) is 0 Å². The van der Waals surface area contributed by atoms with Crippen LogP contribution in [0.2, 0.25) is 0 Å². The highest BCUT2D eigenvalue weighted by Crippen LogP contribution is 2.11. The summed E-state index contributed by atoms with van der Waals surface area (Å²) in [5.74, 6) is 0.303. The number of hydrogen-bond donors (Lipinski definition) is 1. The van der Waals surface area contributed by atoms with Gasteiger partial charge in [0.25, 0.3) is 0 Å². The van der Waals surface area contributed by atoms with E-state index in [2.05, 4.69) is 36.0 Å². The number of amides is 1. The number of hydrogen-bond acceptors (Lipinski definition) is 4. The van der Waals surface area contributed by atoms with Gasteiger partial charge >= 0.3 is 0 Å². The number of nitrogens with one attached hydrogen (secondary N) is 1. The maximum Gasteiger partial charge on any atom is 0.239 e. The number of rotatable bonds is 2. The minimum atomic E-state index is 0.0303. The highest BCUT2D eigenvalue weighted by atomic mass is 16.2. The molecule has 0 aromatic rings. The molecule has 2 saturated heterocycles. The lowest BCUT2D eigenvalue weighted by molar-refractivity contribution is -0.139. The van der Waals surface area contributed by atoms with Gasteiger partial charge < -0.3 is 15.1 Å². The fourth-order valence-electron chi connectivity index (χ4n) is 2.74. The molecular weight excluding hydrogens is 228 g/mol. The van der Waals surface area contributed by atoms with Gasteiger partial charge in [0.15, 0.2) is 0 Å². The first kappa shape index (κ1) is 13.8. The molecule has 2 aliphatic rings. The number of carbonyl (C=O) groups is 1. The molecule has 5 nitrogen and oxygen atoms in total. The van der Waals surface area contributed by atoms with Crippen LogP contribution in [0.4, 0.5) is 0 Å². The van der Waals surface area contributed by atoms with Crippen molar-refractivity contribution in [2.45, 2.75) is 25.9 Å². The Bertz CT molecular complexity index is 287. The van der Waals surface area contributed by atoms with Gasteiger partial charge in [0, 0.05) is 51.9 Å². The molecule has 0 aliphatic carbocycles. The first-order valence-electron chi connectivity index (χ1n) is 7.03. The van der Waals surface area contributed by atoms with Crippen LogP contribution in [0.15, 0.2) is 0 Å². The van der Waals surface area contributed by atoms with Gasteiger partial charge in [-0.25, -0.2) is 0 Å². The molecule has 2 rings (SSSR count). The molecule has 2 unspecified atom stereocenters. The van der Waals surface area contributed by atoms with Crippen LogP contribution in [-0.2, 0) is 4.79 Å². The van der Waals surface area contributed by atoms with E-state index < -0.39 is 0 Å². The Labute approximate surface area is 110 Å². The molecule has 0 saturated carbocycles. The normalized spacial score (nSPS) is 29.3. The highest BCUT2D eigenvalue weighted by molar-refractivity contribution is 5.81. The number of carbonyl (C=O) groups excluding carboxylic acids is 1. The van der Waals surface area contributed by atoms with Crippen LogP contribution >= 0.6 is 0 Å². The van der Waals surface area contributed by atoms with Crippen molar-refractivity contribution < 1.29 is 4.79 Å². The Morgan fingerprint density at radius 1 is 1.22 bits per heavy atom. The van der Waals surface area contributed by atoms with Crippen LogP contribution < -0.4 is 5.32 Å². The minimum Gasteiger partial charge on any atom is -0.339 e. The highest BCUT2D eigenvalue weighted by Gasteiger charge is 2.30. The summed E-state index contributed by atoms with van der Waals surface area (Å²) >= 11 is 0. The topological polar surface area (TPSA) is 38.8 Å². The first-order chi connectivity index (χ1) is 8.59. The molecule has 0 spiro atoms. The van der Waals surface area contributed by atoms with E-state index >= 15 is 0 Å². The molecule has 2 fully saturated rings. The Morgan fingerprint density at radius 3 is 2.50 bits per heavy atom. The zero-order valence-electron chi connectivity index (χ0n) is 11.9. The summed E-state index contributed by atoms with van der Waals surface area (Å²) in [7, 11) is 2.13. The Kier molecular flexibility index (Phi) is 4.59. The summed E-state index contributed by atoms with van der Waals surface area (Å²) in [5, 5.41) is 3.33. The smallest absolute Gasteiger partial charge is 0.239 e. The zero-order chi connectivity index (χ0) is 13.1. The molecule has 1 N–H and O–H groups in total. The van der Waals surface area contributed by atoms with Gasteiger partial charge in [0.1, 0.15) is 0 Å². The van der Waals surface area contributed by atoms with Gasteiger partial charge in [-0.05, 0) is 20.9 Å². The molecular formula is C13H26N4O. The summed E-state index contributed by atoms with van der Waals surface area (Å²) in [4.78, 5) is 19.1. The van der Waals surface area contributed by atoms with E-state index in [1.54, 1.807) is 0 Å². The van der Waals surface area contributed by atoms with Crippen molar-refractivity contribution >= 4 is 5.91 Å². The van der Waals surface area contributed by atoms with Crippen molar-refractivity contribution in [3.05, 3.63) is 0 Å².